The summed E-state index contributed by atoms with van der Waals surface area (Å²) >= 11 is 0. The third-order valence-corrected chi connectivity index (χ3v) is 8.79. The molecule has 0 saturated carbocycles. The maximum absolute atomic E-state index is 2.46. The van der Waals surface area contributed by atoms with Gasteiger partial charge < -0.3 is 0 Å². The Bertz CT molecular complexity index is 999. The summed E-state index contributed by atoms with van der Waals surface area (Å²) in [6.07, 6.45) is 20.6. The molecule has 0 aliphatic heterocycles. The standard InChI is InChI=1S/C26H28P2/c1-17-15-27-25(19(17)3)13-21-9-5-7-11-23(21)24-12-8-6-10-22(24)14-26-20(4)18(2)16-28-26/h5-8,11-16,27-28H,9-10H2,1-4H3. The van der Waals surface area contributed by atoms with Crippen LogP contribution < -0.4 is 0 Å². The summed E-state index contributed by atoms with van der Waals surface area (Å²) in [5.41, 5.74) is 11.5. The summed E-state index contributed by atoms with van der Waals surface area (Å²) in [6.45, 7) is 8.99. The molecule has 0 amide bonds. The van der Waals surface area contributed by atoms with Gasteiger partial charge in [-0.25, -0.2) is 0 Å². The molecule has 0 aromatic carbocycles. The lowest BCUT2D eigenvalue weighted by Gasteiger charge is -2.21. The molecule has 2 aliphatic carbocycles. The van der Waals surface area contributed by atoms with Crippen molar-refractivity contribution in [3.8, 4) is 0 Å². The van der Waals surface area contributed by atoms with Gasteiger partial charge in [0.1, 0.15) is 0 Å². The van der Waals surface area contributed by atoms with Crippen molar-refractivity contribution in [2.45, 2.75) is 40.5 Å². The third kappa shape index (κ3) is 3.77. The van der Waals surface area contributed by atoms with E-state index in [0.29, 0.717) is 0 Å². The van der Waals surface area contributed by atoms with Gasteiger partial charge in [-0.2, -0.15) is 0 Å². The molecular weight excluding hydrogens is 374 g/mol. The van der Waals surface area contributed by atoms with E-state index in [9.17, 15) is 0 Å². The van der Waals surface area contributed by atoms with E-state index in [-0.39, 0.29) is 0 Å². The van der Waals surface area contributed by atoms with Crippen molar-refractivity contribution < 1.29 is 0 Å². The first-order valence-electron chi connectivity index (χ1n) is 9.99. The molecule has 2 unspecified atom stereocenters. The molecule has 28 heavy (non-hydrogen) atoms. The van der Waals surface area contributed by atoms with Crippen molar-refractivity contribution in [3.05, 3.63) is 103 Å². The SMILES string of the molecule is Cc1c[pH]c(C=C2CC=CC=C2C2=CC=CCC2=Cc2[pH]cc(C)c2C)c1C. The Balaban J connectivity index is 1.75. The fourth-order valence-corrected chi connectivity index (χ4v) is 6.35. The van der Waals surface area contributed by atoms with Gasteiger partial charge in [0.25, 0.3) is 0 Å². The quantitative estimate of drug-likeness (QED) is 0.485. The van der Waals surface area contributed by atoms with Gasteiger partial charge in [0.15, 0.2) is 0 Å². The van der Waals surface area contributed by atoms with Gasteiger partial charge in [0, 0.05) is 0 Å². The Morgan fingerprint density at radius 3 is 1.46 bits per heavy atom. The fourth-order valence-electron chi connectivity index (χ4n) is 3.83. The van der Waals surface area contributed by atoms with E-state index < -0.39 is 0 Å². The lowest BCUT2D eigenvalue weighted by Crippen LogP contribution is -2.02. The second-order valence-electron chi connectivity index (χ2n) is 7.79. The predicted octanol–water partition coefficient (Wildman–Crippen LogP) is 8.22. The van der Waals surface area contributed by atoms with Crippen LogP contribution in [0, 0.1) is 27.7 Å². The summed E-state index contributed by atoms with van der Waals surface area (Å²) in [4.78, 5) is 0. The number of rotatable bonds is 3. The van der Waals surface area contributed by atoms with E-state index in [0.717, 1.165) is 29.2 Å². The average molecular weight is 402 g/mol. The first kappa shape index (κ1) is 19.3. The number of allylic oxidation sites excluding steroid dienone is 10. The van der Waals surface area contributed by atoms with Crippen LogP contribution in [0.15, 0.2) is 70.3 Å². The lowest BCUT2D eigenvalue weighted by atomic mass is 9.84. The summed E-state index contributed by atoms with van der Waals surface area (Å²) in [5.74, 6) is 4.76. The van der Waals surface area contributed by atoms with Gasteiger partial charge in [0.05, 0.1) is 0 Å². The Morgan fingerprint density at radius 2 is 1.11 bits per heavy atom. The fraction of sp³-hybridized carbons (Fsp3) is 0.231. The Labute approximate surface area is 172 Å². The zero-order valence-electron chi connectivity index (χ0n) is 17.2. The summed E-state index contributed by atoms with van der Waals surface area (Å²) < 4.78 is 0. The van der Waals surface area contributed by atoms with Gasteiger partial charge in [0.2, 0.25) is 0 Å². The summed E-state index contributed by atoms with van der Waals surface area (Å²) in [7, 11) is 1.61. The van der Waals surface area contributed by atoms with Crippen LogP contribution in [0.3, 0.4) is 0 Å². The molecule has 4 rings (SSSR count). The van der Waals surface area contributed by atoms with Gasteiger partial charge >= 0.3 is 0 Å². The van der Waals surface area contributed by atoms with Crippen LogP contribution in [0.1, 0.15) is 45.7 Å². The number of aryl methyl sites for hydroxylation is 2. The molecule has 2 aromatic heterocycles. The van der Waals surface area contributed by atoms with Crippen molar-refractivity contribution in [1.29, 1.82) is 0 Å². The van der Waals surface area contributed by atoms with Crippen molar-refractivity contribution in [1.82, 2.24) is 0 Å². The Morgan fingerprint density at radius 1 is 0.679 bits per heavy atom. The summed E-state index contributed by atoms with van der Waals surface area (Å²) in [6, 6.07) is 0. The van der Waals surface area contributed by atoms with Crippen molar-refractivity contribution in [3.63, 3.8) is 0 Å². The zero-order chi connectivity index (χ0) is 19.7. The van der Waals surface area contributed by atoms with Crippen LogP contribution in [-0.2, 0) is 0 Å². The molecule has 0 radical (unpaired) electrons. The van der Waals surface area contributed by atoms with E-state index in [1.54, 1.807) is 0 Å². The lowest BCUT2D eigenvalue weighted by molar-refractivity contribution is 1.15. The first-order chi connectivity index (χ1) is 13.5. The van der Waals surface area contributed by atoms with Crippen molar-refractivity contribution in [2.24, 2.45) is 0 Å². The minimum atomic E-state index is 0.804. The topological polar surface area (TPSA) is 0 Å². The molecule has 0 bridgehead atoms. The predicted molar refractivity (Wildman–Crippen MR) is 130 cm³/mol. The Hall–Kier alpha value is -2.00. The Kier molecular flexibility index (Phi) is 5.63. The highest BCUT2D eigenvalue weighted by atomic mass is 31.0. The van der Waals surface area contributed by atoms with Crippen LogP contribution in [0.2, 0.25) is 0 Å². The molecule has 0 nitrogen and oxygen atoms in total. The van der Waals surface area contributed by atoms with E-state index in [1.165, 1.54) is 55.1 Å². The second-order valence-corrected chi connectivity index (χ2v) is 10.0. The van der Waals surface area contributed by atoms with Crippen LogP contribution in [0.25, 0.3) is 12.2 Å². The third-order valence-electron chi connectivity index (χ3n) is 5.97. The highest BCUT2D eigenvalue weighted by Crippen LogP contribution is 2.39. The largest absolute Gasteiger partial charge is 0.132 e. The van der Waals surface area contributed by atoms with E-state index in [1.807, 2.05) is 0 Å². The van der Waals surface area contributed by atoms with Gasteiger partial charge in [-0.15, -0.1) is 16.4 Å². The van der Waals surface area contributed by atoms with E-state index in [4.69, 9.17) is 0 Å². The minimum Gasteiger partial charge on any atom is -0.132 e. The molecule has 0 N–H and O–H groups in total. The number of hydrogen-bond acceptors (Lipinski definition) is 0. The molecule has 0 spiro atoms. The molecule has 2 atom stereocenters. The highest BCUT2D eigenvalue weighted by molar-refractivity contribution is 7.31. The molecule has 2 aliphatic rings. The van der Waals surface area contributed by atoms with Crippen LogP contribution >= 0.6 is 16.4 Å². The highest BCUT2D eigenvalue weighted by Gasteiger charge is 2.18. The zero-order valence-corrected chi connectivity index (χ0v) is 19.2. The first-order valence-corrected chi connectivity index (χ1v) is 12.1. The normalized spacial score (nSPS) is 20.0. The van der Waals surface area contributed by atoms with Gasteiger partial charge in [-0.3, -0.25) is 0 Å². The van der Waals surface area contributed by atoms with Crippen LogP contribution in [-0.4, -0.2) is 0 Å². The van der Waals surface area contributed by atoms with Crippen molar-refractivity contribution in [2.75, 3.05) is 0 Å². The maximum Gasteiger partial charge on any atom is -0.00556 e. The van der Waals surface area contributed by atoms with Gasteiger partial charge in [-0.1, -0.05) is 36.5 Å². The molecule has 142 valence electrons. The second kappa shape index (κ2) is 8.16. The molecule has 0 fully saturated rings. The van der Waals surface area contributed by atoms with Gasteiger partial charge in [-0.05, 0) is 119 Å². The smallest absolute Gasteiger partial charge is 0.00556 e. The minimum absolute atomic E-state index is 0.804. The van der Waals surface area contributed by atoms with Crippen molar-refractivity contribution >= 4 is 28.5 Å². The molecule has 2 heteroatoms. The number of hydrogen-bond donors (Lipinski definition) is 0. The molecule has 2 heterocycles. The molecule has 2 aromatic rings. The average Bonchev–Trinajstić information content (AvgIpc) is 3.19. The van der Waals surface area contributed by atoms with Crippen LogP contribution in [0.5, 0.6) is 0 Å². The molecular formula is C26H28P2. The van der Waals surface area contributed by atoms with E-state index >= 15 is 0 Å². The van der Waals surface area contributed by atoms with Crippen LogP contribution in [0.4, 0.5) is 0 Å². The van der Waals surface area contributed by atoms with E-state index in [2.05, 4.69) is 87.9 Å². The summed E-state index contributed by atoms with van der Waals surface area (Å²) in [5, 5.41) is 3.00. The monoisotopic (exact) mass is 402 g/mol. The molecule has 0 saturated heterocycles. The maximum atomic E-state index is 2.46.